The average molecular weight is 289 g/mol. The second-order valence-corrected chi connectivity index (χ2v) is 5.94. The lowest BCUT2D eigenvalue weighted by Crippen LogP contribution is -2.33. The lowest BCUT2D eigenvalue weighted by Gasteiger charge is -2.20. The number of aliphatic carboxylic acids is 1. The van der Waals surface area contributed by atoms with Crippen molar-refractivity contribution in [3.05, 3.63) is 35.4 Å². The van der Waals surface area contributed by atoms with Gasteiger partial charge >= 0.3 is 5.97 Å². The van der Waals surface area contributed by atoms with Gasteiger partial charge in [-0.3, -0.25) is 9.59 Å². The van der Waals surface area contributed by atoms with Crippen LogP contribution in [-0.2, 0) is 16.0 Å². The summed E-state index contributed by atoms with van der Waals surface area (Å²) in [4.78, 5) is 25.1. The molecule has 1 fully saturated rings. The minimum atomic E-state index is -0.737. The number of aryl methyl sites for hydroxylation is 1. The molecule has 0 aromatic heterocycles. The van der Waals surface area contributed by atoms with Gasteiger partial charge in [0.1, 0.15) is 0 Å². The van der Waals surface area contributed by atoms with Crippen molar-refractivity contribution in [3.8, 4) is 0 Å². The third-order valence-corrected chi connectivity index (χ3v) is 4.10. The minimum absolute atomic E-state index is 0.150. The third kappa shape index (κ3) is 4.88. The van der Waals surface area contributed by atoms with E-state index in [0.29, 0.717) is 13.0 Å². The second-order valence-electron chi connectivity index (χ2n) is 5.94. The van der Waals surface area contributed by atoms with E-state index in [2.05, 4.69) is 0 Å². The van der Waals surface area contributed by atoms with Gasteiger partial charge in [0.15, 0.2) is 0 Å². The second kappa shape index (κ2) is 7.25. The number of amides is 1. The van der Waals surface area contributed by atoms with Crippen LogP contribution >= 0.6 is 0 Å². The summed E-state index contributed by atoms with van der Waals surface area (Å²) < 4.78 is 0. The standard InChI is InChI=1S/C17H23NO3/c1-13-4-2-5-15(10-13)11-16(19)18-8-3-6-14(7-9-18)12-17(20)21/h2,4-5,10,14H,3,6-9,11-12H2,1H3,(H,20,21). The quantitative estimate of drug-likeness (QED) is 0.927. The zero-order chi connectivity index (χ0) is 15.2. The summed E-state index contributed by atoms with van der Waals surface area (Å²) in [7, 11) is 0. The summed E-state index contributed by atoms with van der Waals surface area (Å²) in [6.45, 7) is 3.46. The summed E-state index contributed by atoms with van der Waals surface area (Å²) >= 11 is 0. The van der Waals surface area contributed by atoms with E-state index in [1.165, 1.54) is 0 Å². The maximum atomic E-state index is 12.4. The molecule has 0 bridgehead atoms. The van der Waals surface area contributed by atoms with Crippen LogP contribution in [0.1, 0.15) is 36.8 Å². The normalized spacial score (nSPS) is 19.1. The minimum Gasteiger partial charge on any atom is -0.481 e. The molecule has 4 heteroatoms. The Bertz CT molecular complexity index is 513. The molecule has 0 radical (unpaired) electrons. The average Bonchev–Trinajstić information content (AvgIpc) is 2.63. The first-order valence-corrected chi connectivity index (χ1v) is 7.59. The first-order chi connectivity index (χ1) is 10.0. The van der Waals surface area contributed by atoms with E-state index in [-0.39, 0.29) is 18.2 Å². The highest BCUT2D eigenvalue weighted by atomic mass is 16.4. The number of carbonyl (C=O) groups is 2. The van der Waals surface area contributed by atoms with Gasteiger partial charge in [-0.15, -0.1) is 0 Å². The van der Waals surface area contributed by atoms with E-state index in [4.69, 9.17) is 5.11 Å². The fourth-order valence-electron chi connectivity index (χ4n) is 2.97. The van der Waals surface area contributed by atoms with Crippen LogP contribution in [0.25, 0.3) is 0 Å². The molecule has 0 aliphatic carbocycles. The Morgan fingerprint density at radius 2 is 2.10 bits per heavy atom. The molecule has 114 valence electrons. The van der Waals surface area contributed by atoms with E-state index >= 15 is 0 Å². The van der Waals surface area contributed by atoms with Gasteiger partial charge < -0.3 is 10.0 Å². The van der Waals surface area contributed by atoms with E-state index in [1.54, 1.807) is 0 Å². The van der Waals surface area contributed by atoms with Crippen LogP contribution in [0.15, 0.2) is 24.3 Å². The van der Waals surface area contributed by atoms with E-state index < -0.39 is 5.97 Å². The molecule has 1 amide bonds. The number of hydrogen-bond acceptors (Lipinski definition) is 2. The van der Waals surface area contributed by atoms with E-state index in [0.717, 1.165) is 36.9 Å². The van der Waals surface area contributed by atoms with Crippen LogP contribution in [0.2, 0.25) is 0 Å². The smallest absolute Gasteiger partial charge is 0.303 e. The summed E-state index contributed by atoms with van der Waals surface area (Å²) in [6.07, 6.45) is 3.26. The molecular formula is C17H23NO3. The van der Waals surface area contributed by atoms with Crippen LogP contribution < -0.4 is 0 Å². The van der Waals surface area contributed by atoms with Crippen molar-refractivity contribution < 1.29 is 14.7 Å². The monoisotopic (exact) mass is 289 g/mol. The number of nitrogens with zero attached hydrogens (tertiary/aromatic N) is 1. The van der Waals surface area contributed by atoms with Gasteiger partial charge in [-0.25, -0.2) is 0 Å². The predicted molar refractivity (Wildman–Crippen MR) is 81.1 cm³/mol. The fraction of sp³-hybridized carbons (Fsp3) is 0.529. The van der Waals surface area contributed by atoms with Crippen molar-refractivity contribution in [1.82, 2.24) is 4.90 Å². The Kier molecular flexibility index (Phi) is 5.37. The number of carboxylic acid groups (broad SMARTS) is 1. The highest BCUT2D eigenvalue weighted by Crippen LogP contribution is 2.21. The highest BCUT2D eigenvalue weighted by Gasteiger charge is 2.22. The first-order valence-electron chi connectivity index (χ1n) is 7.59. The molecule has 1 aromatic carbocycles. The lowest BCUT2D eigenvalue weighted by molar-refractivity contribution is -0.138. The molecule has 1 heterocycles. The molecule has 4 nitrogen and oxygen atoms in total. The molecule has 0 saturated carbocycles. The van der Waals surface area contributed by atoms with Crippen LogP contribution in [-0.4, -0.2) is 35.0 Å². The molecule has 1 unspecified atom stereocenters. The summed E-state index contributed by atoms with van der Waals surface area (Å²) in [5, 5.41) is 8.87. The lowest BCUT2D eigenvalue weighted by atomic mass is 9.97. The summed E-state index contributed by atoms with van der Waals surface area (Å²) in [5.41, 5.74) is 2.21. The Balaban J connectivity index is 1.89. The maximum absolute atomic E-state index is 12.4. The van der Waals surface area contributed by atoms with Crippen molar-refractivity contribution in [2.45, 2.75) is 39.0 Å². The largest absolute Gasteiger partial charge is 0.481 e. The molecule has 1 aromatic rings. The molecule has 2 rings (SSSR count). The fourth-order valence-corrected chi connectivity index (χ4v) is 2.97. The first kappa shape index (κ1) is 15.5. The topological polar surface area (TPSA) is 57.6 Å². The zero-order valence-corrected chi connectivity index (χ0v) is 12.5. The van der Waals surface area contributed by atoms with Gasteiger partial charge in [0.25, 0.3) is 0 Å². The third-order valence-electron chi connectivity index (χ3n) is 4.10. The zero-order valence-electron chi connectivity index (χ0n) is 12.5. The van der Waals surface area contributed by atoms with Crippen LogP contribution in [0, 0.1) is 12.8 Å². The van der Waals surface area contributed by atoms with Gasteiger partial charge in [-0.1, -0.05) is 29.8 Å². The summed E-state index contributed by atoms with van der Waals surface area (Å²) in [5.74, 6) is -0.379. The van der Waals surface area contributed by atoms with Crippen molar-refractivity contribution in [2.24, 2.45) is 5.92 Å². The number of carboxylic acids is 1. The van der Waals surface area contributed by atoms with E-state index in [9.17, 15) is 9.59 Å². The molecule has 21 heavy (non-hydrogen) atoms. The molecule has 0 spiro atoms. The Morgan fingerprint density at radius 1 is 1.29 bits per heavy atom. The van der Waals surface area contributed by atoms with Gasteiger partial charge in [0.05, 0.1) is 6.42 Å². The summed E-state index contributed by atoms with van der Waals surface area (Å²) in [6, 6.07) is 8.03. The van der Waals surface area contributed by atoms with Crippen molar-refractivity contribution in [1.29, 1.82) is 0 Å². The predicted octanol–water partition coefficient (Wildman–Crippen LogP) is 2.64. The molecule has 1 aliphatic heterocycles. The van der Waals surface area contributed by atoms with Crippen molar-refractivity contribution in [2.75, 3.05) is 13.1 Å². The van der Waals surface area contributed by atoms with Crippen molar-refractivity contribution in [3.63, 3.8) is 0 Å². The molecule has 1 N–H and O–H groups in total. The van der Waals surface area contributed by atoms with Gasteiger partial charge in [0.2, 0.25) is 5.91 Å². The SMILES string of the molecule is Cc1cccc(CC(=O)N2CCCC(CC(=O)O)CC2)c1. The Hall–Kier alpha value is -1.84. The van der Waals surface area contributed by atoms with Crippen LogP contribution in [0.5, 0.6) is 0 Å². The number of hydrogen-bond donors (Lipinski definition) is 1. The number of carbonyl (C=O) groups excluding carboxylic acids is 1. The van der Waals surface area contributed by atoms with Crippen LogP contribution in [0.4, 0.5) is 0 Å². The molecule has 1 aliphatic rings. The highest BCUT2D eigenvalue weighted by molar-refractivity contribution is 5.78. The Labute approximate surface area is 125 Å². The van der Waals surface area contributed by atoms with Gasteiger partial charge in [-0.2, -0.15) is 0 Å². The van der Waals surface area contributed by atoms with E-state index in [1.807, 2.05) is 36.1 Å². The molecule has 1 atom stereocenters. The maximum Gasteiger partial charge on any atom is 0.303 e. The molecule has 1 saturated heterocycles. The molecular weight excluding hydrogens is 266 g/mol. The van der Waals surface area contributed by atoms with Gasteiger partial charge in [0, 0.05) is 19.5 Å². The van der Waals surface area contributed by atoms with Gasteiger partial charge in [-0.05, 0) is 37.7 Å². The Morgan fingerprint density at radius 3 is 2.81 bits per heavy atom. The number of likely N-dealkylation sites (tertiary alicyclic amines) is 1. The number of benzene rings is 1. The van der Waals surface area contributed by atoms with Crippen molar-refractivity contribution >= 4 is 11.9 Å². The van der Waals surface area contributed by atoms with Crippen LogP contribution in [0.3, 0.4) is 0 Å². The number of rotatable bonds is 4.